The highest BCUT2D eigenvalue weighted by atomic mass is 79.9. The van der Waals surface area contributed by atoms with Crippen LogP contribution in [0.4, 0.5) is 19.3 Å². The SMILES string of the molecule is O=C(Nc1c(F)cccc1F)N1CCC(Oc2ncccc2Br)C1. The average molecular weight is 398 g/mol. The summed E-state index contributed by atoms with van der Waals surface area (Å²) >= 11 is 3.34. The molecule has 0 radical (unpaired) electrons. The predicted octanol–water partition coefficient (Wildman–Crippen LogP) is 3.81. The van der Waals surface area contributed by atoms with Gasteiger partial charge in [-0.2, -0.15) is 0 Å². The number of nitrogens with zero attached hydrogens (tertiary/aromatic N) is 2. The van der Waals surface area contributed by atoms with Gasteiger partial charge in [-0.3, -0.25) is 0 Å². The van der Waals surface area contributed by atoms with Crippen LogP contribution >= 0.6 is 15.9 Å². The van der Waals surface area contributed by atoms with Crippen LogP contribution in [0.5, 0.6) is 5.88 Å². The first-order chi connectivity index (χ1) is 11.5. The van der Waals surface area contributed by atoms with Gasteiger partial charge in [-0.05, 0) is 40.2 Å². The minimum Gasteiger partial charge on any atom is -0.472 e. The Hall–Kier alpha value is -2.22. The van der Waals surface area contributed by atoms with Crippen LogP contribution in [0.25, 0.3) is 0 Å². The summed E-state index contributed by atoms with van der Waals surface area (Å²) in [4.78, 5) is 17.8. The Morgan fingerprint density at radius 3 is 2.75 bits per heavy atom. The molecule has 1 saturated heterocycles. The van der Waals surface area contributed by atoms with Gasteiger partial charge in [-0.15, -0.1) is 0 Å². The molecule has 0 saturated carbocycles. The van der Waals surface area contributed by atoms with Crippen molar-refractivity contribution in [3.05, 3.63) is 52.6 Å². The summed E-state index contributed by atoms with van der Waals surface area (Å²) in [7, 11) is 0. The van der Waals surface area contributed by atoms with Crippen LogP contribution < -0.4 is 10.1 Å². The van der Waals surface area contributed by atoms with E-state index in [4.69, 9.17) is 4.74 Å². The topological polar surface area (TPSA) is 54.5 Å². The van der Waals surface area contributed by atoms with E-state index in [1.165, 1.54) is 11.0 Å². The van der Waals surface area contributed by atoms with E-state index in [-0.39, 0.29) is 6.10 Å². The molecule has 2 amide bonds. The van der Waals surface area contributed by atoms with E-state index >= 15 is 0 Å². The quantitative estimate of drug-likeness (QED) is 0.856. The summed E-state index contributed by atoms with van der Waals surface area (Å²) in [6.45, 7) is 0.738. The summed E-state index contributed by atoms with van der Waals surface area (Å²) in [5.41, 5.74) is -0.445. The summed E-state index contributed by atoms with van der Waals surface area (Å²) < 4.78 is 33.7. The second-order valence-electron chi connectivity index (χ2n) is 5.29. The number of nitrogens with one attached hydrogen (secondary N) is 1. The third kappa shape index (κ3) is 3.64. The molecule has 1 fully saturated rings. The molecule has 0 spiro atoms. The maximum absolute atomic E-state index is 13.6. The first kappa shape index (κ1) is 16.6. The van der Waals surface area contributed by atoms with Crippen molar-refractivity contribution in [1.29, 1.82) is 0 Å². The van der Waals surface area contributed by atoms with Crippen LogP contribution in [0.1, 0.15) is 6.42 Å². The van der Waals surface area contributed by atoms with Gasteiger partial charge in [0.05, 0.1) is 11.0 Å². The molecule has 1 aliphatic heterocycles. The molecule has 1 aromatic heterocycles. The van der Waals surface area contributed by atoms with Crippen LogP contribution in [0, 0.1) is 11.6 Å². The minimum absolute atomic E-state index is 0.229. The highest BCUT2D eigenvalue weighted by Gasteiger charge is 2.29. The number of carbonyl (C=O) groups is 1. The van der Waals surface area contributed by atoms with E-state index in [1.807, 2.05) is 6.07 Å². The molecule has 3 rings (SSSR count). The molecule has 1 unspecified atom stereocenters. The standard InChI is InChI=1S/C16H14BrF2N3O2/c17-11-3-2-7-20-15(11)24-10-6-8-22(9-10)16(23)21-14-12(18)4-1-5-13(14)19/h1-5,7,10H,6,8-9H2,(H,21,23). The highest BCUT2D eigenvalue weighted by Crippen LogP contribution is 2.25. The largest absolute Gasteiger partial charge is 0.472 e. The highest BCUT2D eigenvalue weighted by molar-refractivity contribution is 9.10. The van der Waals surface area contributed by atoms with E-state index in [1.54, 1.807) is 12.3 Å². The van der Waals surface area contributed by atoms with E-state index in [9.17, 15) is 13.6 Å². The molecule has 1 aliphatic rings. The third-order valence-electron chi connectivity index (χ3n) is 3.63. The van der Waals surface area contributed by atoms with Gasteiger partial charge in [0, 0.05) is 19.2 Å². The molecule has 1 N–H and O–H groups in total. The number of rotatable bonds is 3. The molecular formula is C16H14BrF2N3O2. The molecule has 24 heavy (non-hydrogen) atoms. The molecule has 5 nitrogen and oxygen atoms in total. The molecule has 126 valence electrons. The van der Waals surface area contributed by atoms with Crippen molar-refractivity contribution in [2.24, 2.45) is 0 Å². The van der Waals surface area contributed by atoms with Crippen LogP contribution in [-0.2, 0) is 0 Å². The number of benzene rings is 1. The van der Waals surface area contributed by atoms with E-state index in [2.05, 4.69) is 26.2 Å². The minimum atomic E-state index is -0.812. The summed E-state index contributed by atoms with van der Waals surface area (Å²) in [5, 5.41) is 2.27. The van der Waals surface area contributed by atoms with Gasteiger partial charge in [0.15, 0.2) is 0 Å². The fourth-order valence-electron chi connectivity index (χ4n) is 2.43. The number of ether oxygens (including phenoxy) is 1. The molecule has 1 aromatic carbocycles. The lowest BCUT2D eigenvalue weighted by Crippen LogP contribution is -2.35. The van der Waals surface area contributed by atoms with Crippen molar-refractivity contribution in [2.75, 3.05) is 18.4 Å². The zero-order chi connectivity index (χ0) is 17.1. The van der Waals surface area contributed by atoms with Crippen molar-refractivity contribution < 1.29 is 18.3 Å². The Kier molecular flexibility index (Phi) is 4.94. The van der Waals surface area contributed by atoms with Crippen LogP contribution in [0.2, 0.25) is 0 Å². The number of pyridine rings is 1. The van der Waals surface area contributed by atoms with Gasteiger partial charge in [-0.25, -0.2) is 18.6 Å². The van der Waals surface area contributed by atoms with E-state index in [0.29, 0.717) is 25.4 Å². The number of aromatic nitrogens is 1. The molecule has 1 atom stereocenters. The second-order valence-corrected chi connectivity index (χ2v) is 6.15. The lowest BCUT2D eigenvalue weighted by Gasteiger charge is -2.18. The van der Waals surface area contributed by atoms with Crippen molar-refractivity contribution in [3.8, 4) is 5.88 Å². The number of hydrogen-bond donors (Lipinski definition) is 1. The maximum atomic E-state index is 13.6. The predicted molar refractivity (Wildman–Crippen MR) is 87.9 cm³/mol. The van der Waals surface area contributed by atoms with Crippen LogP contribution in [0.3, 0.4) is 0 Å². The summed E-state index contributed by atoms with van der Waals surface area (Å²) in [6, 6.07) is 6.44. The number of hydrogen-bond acceptors (Lipinski definition) is 3. The van der Waals surface area contributed by atoms with Crippen molar-refractivity contribution in [2.45, 2.75) is 12.5 Å². The summed E-state index contributed by atoms with van der Waals surface area (Å²) in [5.74, 6) is -1.18. The number of likely N-dealkylation sites (tertiary alicyclic amines) is 1. The average Bonchev–Trinajstić information content (AvgIpc) is 3.02. The Balaban J connectivity index is 1.61. The fourth-order valence-corrected chi connectivity index (χ4v) is 2.78. The molecule has 2 aromatic rings. The number of halogens is 3. The van der Waals surface area contributed by atoms with Gasteiger partial charge in [-0.1, -0.05) is 6.07 Å². The van der Waals surface area contributed by atoms with Gasteiger partial charge in [0.2, 0.25) is 5.88 Å². The molecule has 8 heteroatoms. The third-order valence-corrected chi connectivity index (χ3v) is 4.23. The molecule has 2 heterocycles. The zero-order valence-electron chi connectivity index (χ0n) is 12.5. The van der Waals surface area contributed by atoms with Gasteiger partial charge in [0.25, 0.3) is 0 Å². The Bertz CT molecular complexity index is 740. The lowest BCUT2D eigenvalue weighted by atomic mass is 10.3. The van der Waals surface area contributed by atoms with Crippen molar-refractivity contribution >= 4 is 27.6 Å². The first-order valence-electron chi connectivity index (χ1n) is 7.31. The van der Waals surface area contributed by atoms with Gasteiger partial charge < -0.3 is 15.0 Å². The molecular weight excluding hydrogens is 384 g/mol. The Morgan fingerprint density at radius 2 is 2.04 bits per heavy atom. The Morgan fingerprint density at radius 1 is 1.29 bits per heavy atom. The van der Waals surface area contributed by atoms with Crippen LogP contribution in [0.15, 0.2) is 41.0 Å². The smallest absolute Gasteiger partial charge is 0.322 e. The van der Waals surface area contributed by atoms with Gasteiger partial charge >= 0.3 is 6.03 Å². The van der Waals surface area contributed by atoms with Crippen LogP contribution in [-0.4, -0.2) is 35.1 Å². The summed E-state index contributed by atoms with van der Waals surface area (Å²) in [6.07, 6.45) is 1.99. The number of urea groups is 1. The van der Waals surface area contributed by atoms with Crippen molar-refractivity contribution in [3.63, 3.8) is 0 Å². The number of para-hydroxylation sites is 1. The lowest BCUT2D eigenvalue weighted by molar-refractivity contribution is 0.189. The second kappa shape index (κ2) is 7.12. The van der Waals surface area contributed by atoms with E-state index < -0.39 is 23.4 Å². The number of amides is 2. The zero-order valence-corrected chi connectivity index (χ0v) is 14.1. The Labute approximate surface area is 145 Å². The maximum Gasteiger partial charge on any atom is 0.322 e. The van der Waals surface area contributed by atoms with Gasteiger partial charge in [0.1, 0.15) is 23.4 Å². The number of carbonyl (C=O) groups excluding carboxylic acids is 1. The van der Waals surface area contributed by atoms with E-state index in [0.717, 1.165) is 16.6 Å². The molecule has 0 aliphatic carbocycles. The van der Waals surface area contributed by atoms with Crippen molar-refractivity contribution in [1.82, 2.24) is 9.88 Å². The first-order valence-corrected chi connectivity index (χ1v) is 8.11. The molecule has 0 bridgehead atoms. The fraction of sp³-hybridized carbons (Fsp3) is 0.250. The number of anilines is 1. The normalized spacial score (nSPS) is 17.0. The monoisotopic (exact) mass is 397 g/mol.